The number of halogens is 3. The monoisotopic (exact) mass is 497 g/mol. The zero-order valence-corrected chi connectivity index (χ0v) is 19.9. The van der Waals surface area contributed by atoms with Gasteiger partial charge in [0.1, 0.15) is 0 Å². The zero-order chi connectivity index (χ0) is 25.4. The lowest BCUT2D eigenvalue weighted by molar-refractivity contribution is -0.192. The van der Waals surface area contributed by atoms with Crippen molar-refractivity contribution in [3.05, 3.63) is 34.9 Å². The predicted octanol–water partition coefficient (Wildman–Crippen LogP) is 3.06. The Morgan fingerprint density at radius 3 is 2.29 bits per heavy atom. The second-order valence-corrected chi connectivity index (χ2v) is 9.35. The summed E-state index contributed by atoms with van der Waals surface area (Å²) in [5, 5.41) is 10.5. The van der Waals surface area contributed by atoms with Gasteiger partial charge in [0, 0.05) is 37.5 Å². The Morgan fingerprint density at radius 1 is 0.971 bits per heavy atom. The highest BCUT2D eigenvalue weighted by atomic mass is 19.4. The van der Waals surface area contributed by atoms with Crippen molar-refractivity contribution in [3.8, 4) is 0 Å². The van der Waals surface area contributed by atoms with Gasteiger partial charge in [-0.25, -0.2) is 4.79 Å². The number of carboxylic acid groups (broad SMARTS) is 1. The van der Waals surface area contributed by atoms with Crippen molar-refractivity contribution in [2.24, 2.45) is 0 Å². The van der Waals surface area contributed by atoms with Gasteiger partial charge in [0.05, 0.1) is 0 Å². The first-order valence-electron chi connectivity index (χ1n) is 12.3. The fourth-order valence-corrected chi connectivity index (χ4v) is 4.97. The number of fused-ring (bicyclic) bond motifs is 1. The number of likely N-dealkylation sites (tertiary alicyclic amines) is 2. The molecule has 0 radical (unpaired) electrons. The van der Waals surface area contributed by atoms with Gasteiger partial charge >= 0.3 is 12.1 Å². The van der Waals surface area contributed by atoms with Gasteiger partial charge in [-0.2, -0.15) is 13.2 Å². The van der Waals surface area contributed by atoms with Gasteiger partial charge in [-0.15, -0.1) is 0 Å². The summed E-state index contributed by atoms with van der Waals surface area (Å²) < 4.78 is 31.7. The van der Waals surface area contributed by atoms with Crippen LogP contribution in [0.15, 0.2) is 18.2 Å². The maximum absolute atomic E-state index is 12.8. The lowest BCUT2D eigenvalue weighted by Gasteiger charge is -2.28. The van der Waals surface area contributed by atoms with Gasteiger partial charge in [0.2, 0.25) is 5.91 Å². The second-order valence-electron chi connectivity index (χ2n) is 9.35. The highest BCUT2D eigenvalue weighted by molar-refractivity contribution is 5.98. The first-order chi connectivity index (χ1) is 16.6. The van der Waals surface area contributed by atoms with Gasteiger partial charge in [-0.3, -0.25) is 9.59 Å². The van der Waals surface area contributed by atoms with Crippen LogP contribution in [0.2, 0.25) is 0 Å². The predicted molar refractivity (Wildman–Crippen MR) is 124 cm³/mol. The highest BCUT2D eigenvalue weighted by Crippen LogP contribution is 2.22. The minimum atomic E-state index is -5.08. The minimum absolute atomic E-state index is 0.101. The first kappa shape index (κ1) is 27.1. The number of aliphatic carboxylic acids is 1. The Balaban J connectivity index is 0.000000429. The number of carbonyl (C=O) groups excluding carboxylic acids is 2. The number of benzene rings is 1. The summed E-state index contributed by atoms with van der Waals surface area (Å²) in [4.78, 5) is 38.9. The molecule has 3 heterocycles. The number of carbonyl (C=O) groups is 3. The number of Topliss-reactive ketones (excluding diaryl/α,β-unsaturated/α-hetero) is 1. The summed E-state index contributed by atoms with van der Waals surface area (Å²) >= 11 is 0. The number of rotatable bonds is 6. The summed E-state index contributed by atoms with van der Waals surface area (Å²) in [5.41, 5.74) is 3.40. The third kappa shape index (κ3) is 8.03. The van der Waals surface area contributed by atoms with E-state index in [-0.39, 0.29) is 11.7 Å². The molecule has 1 atom stereocenters. The van der Waals surface area contributed by atoms with Crippen molar-refractivity contribution in [1.82, 2.24) is 15.1 Å². The number of nitrogens with zero attached hydrogens (tertiary/aromatic N) is 2. The molecule has 2 N–H and O–H groups in total. The maximum atomic E-state index is 12.8. The summed E-state index contributed by atoms with van der Waals surface area (Å²) in [6, 6.07) is 6.45. The molecule has 1 unspecified atom stereocenters. The van der Waals surface area contributed by atoms with E-state index in [4.69, 9.17) is 9.90 Å². The Labute approximate surface area is 203 Å². The van der Waals surface area contributed by atoms with E-state index < -0.39 is 12.1 Å². The number of carboxylic acids is 1. The van der Waals surface area contributed by atoms with E-state index in [1.807, 2.05) is 11.0 Å². The summed E-state index contributed by atoms with van der Waals surface area (Å²) in [7, 11) is 0. The molecular formula is C25H34F3N3O4. The molecule has 0 spiro atoms. The summed E-state index contributed by atoms with van der Waals surface area (Å²) in [6.45, 7) is 6.19. The molecule has 1 aromatic carbocycles. The SMILES string of the molecule is O=C(CCC(=O)N1CCCC1CN1CCCC1)c1ccc2c(c1)CCNCC2.O=C(O)C(F)(F)F. The number of amides is 1. The Bertz CT molecular complexity index is 900. The van der Waals surface area contributed by atoms with E-state index in [2.05, 4.69) is 22.3 Å². The quantitative estimate of drug-likeness (QED) is 0.588. The zero-order valence-electron chi connectivity index (χ0n) is 19.9. The molecule has 0 saturated carbocycles. The molecule has 2 saturated heterocycles. The van der Waals surface area contributed by atoms with Crippen molar-refractivity contribution in [2.45, 2.75) is 63.6 Å². The van der Waals surface area contributed by atoms with E-state index in [9.17, 15) is 22.8 Å². The number of hydrogen-bond donors (Lipinski definition) is 2. The van der Waals surface area contributed by atoms with E-state index in [0.717, 1.165) is 57.4 Å². The van der Waals surface area contributed by atoms with Crippen LogP contribution in [0.1, 0.15) is 60.0 Å². The normalized spacial score (nSPS) is 20.5. The summed E-state index contributed by atoms with van der Waals surface area (Å²) in [5.74, 6) is -2.50. The van der Waals surface area contributed by atoms with Crippen LogP contribution in [0.25, 0.3) is 0 Å². The molecular weight excluding hydrogens is 463 g/mol. The van der Waals surface area contributed by atoms with E-state index in [0.29, 0.717) is 18.9 Å². The highest BCUT2D eigenvalue weighted by Gasteiger charge is 2.38. The largest absolute Gasteiger partial charge is 0.490 e. The molecule has 2 fully saturated rings. The Morgan fingerprint density at radius 2 is 1.63 bits per heavy atom. The van der Waals surface area contributed by atoms with Gasteiger partial charge in [-0.05, 0) is 81.9 Å². The number of ketones is 1. The Hall–Kier alpha value is -2.46. The third-order valence-electron chi connectivity index (χ3n) is 6.84. The number of alkyl halides is 3. The third-order valence-corrected chi connectivity index (χ3v) is 6.84. The molecule has 3 aliphatic heterocycles. The second kappa shape index (κ2) is 12.5. The minimum Gasteiger partial charge on any atom is -0.475 e. The molecule has 1 aromatic rings. The van der Waals surface area contributed by atoms with Crippen LogP contribution in [-0.4, -0.2) is 84.1 Å². The molecule has 10 heteroatoms. The fourth-order valence-electron chi connectivity index (χ4n) is 4.97. The van der Waals surface area contributed by atoms with Crippen LogP contribution in [0.5, 0.6) is 0 Å². The number of hydrogen-bond acceptors (Lipinski definition) is 5. The van der Waals surface area contributed by atoms with E-state index in [1.165, 1.54) is 37.1 Å². The van der Waals surface area contributed by atoms with Crippen molar-refractivity contribution >= 4 is 17.7 Å². The van der Waals surface area contributed by atoms with Crippen molar-refractivity contribution < 1.29 is 32.7 Å². The van der Waals surface area contributed by atoms with Crippen LogP contribution < -0.4 is 5.32 Å². The fraction of sp³-hybridized carbons (Fsp3) is 0.640. The van der Waals surface area contributed by atoms with Crippen LogP contribution in [0.3, 0.4) is 0 Å². The van der Waals surface area contributed by atoms with Crippen LogP contribution >= 0.6 is 0 Å². The molecule has 35 heavy (non-hydrogen) atoms. The molecule has 7 nitrogen and oxygen atoms in total. The van der Waals surface area contributed by atoms with Crippen molar-refractivity contribution in [3.63, 3.8) is 0 Å². The molecule has 4 rings (SSSR count). The lowest BCUT2D eigenvalue weighted by atomic mass is 9.97. The van der Waals surface area contributed by atoms with Crippen LogP contribution in [0.4, 0.5) is 13.2 Å². The molecule has 194 valence electrons. The average molecular weight is 498 g/mol. The average Bonchev–Trinajstić information content (AvgIpc) is 3.44. The van der Waals surface area contributed by atoms with Gasteiger partial charge in [-0.1, -0.05) is 12.1 Å². The lowest BCUT2D eigenvalue weighted by Crippen LogP contribution is -2.42. The van der Waals surface area contributed by atoms with Crippen molar-refractivity contribution in [2.75, 3.05) is 39.3 Å². The standard InChI is InChI=1S/C23H33N3O2.C2HF3O2/c27-22(20-6-5-18-9-11-24-12-10-19(18)16-20)7-8-23(28)26-15-3-4-21(26)17-25-13-1-2-14-25;3-2(4,5)1(6)7/h5-6,16,21,24H,1-4,7-15,17H2;(H,6,7). The van der Waals surface area contributed by atoms with Crippen LogP contribution in [0, 0.1) is 0 Å². The van der Waals surface area contributed by atoms with Crippen molar-refractivity contribution in [1.29, 1.82) is 0 Å². The molecule has 3 aliphatic rings. The van der Waals surface area contributed by atoms with Crippen LogP contribution in [-0.2, 0) is 22.4 Å². The van der Waals surface area contributed by atoms with E-state index in [1.54, 1.807) is 0 Å². The first-order valence-corrected chi connectivity index (χ1v) is 12.3. The smallest absolute Gasteiger partial charge is 0.475 e. The van der Waals surface area contributed by atoms with Gasteiger partial charge < -0.3 is 20.2 Å². The molecule has 0 bridgehead atoms. The molecule has 1 amide bonds. The van der Waals surface area contributed by atoms with E-state index >= 15 is 0 Å². The maximum Gasteiger partial charge on any atom is 0.490 e. The topological polar surface area (TPSA) is 90.0 Å². The number of nitrogens with one attached hydrogen (secondary N) is 1. The molecule has 0 aliphatic carbocycles. The summed E-state index contributed by atoms with van der Waals surface area (Å²) in [6.07, 6.45) is 2.35. The van der Waals surface area contributed by atoms with Gasteiger partial charge in [0.15, 0.2) is 5.78 Å². The molecule has 0 aromatic heterocycles. The Kier molecular flexibility index (Phi) is 9.68. The van der Waals surface area contributed by atoms with Gasteiger partial charge in [0.25, 0.3) is 0 Å².